The highest BCUT2D eigenvalue weighted by Crippen LogP contribution is 2.28. The minimum atomic E-state index is -0.361. The number of benzene rings is 2. The zero-order chi connectivity index (χ0) is 15.0. The van der Waals surface area contributed by atoms with Gasteiger partial charge in [-0.3, -0.25) is 10.2 Å². The summed E-state index contributed by atoms with van der Waals surface area (Å²) in [5, 5.41) is 0.665. The van der Waals surface area contributed by atoms with E-state index in [9.17, 15) is 4.79 Å². The number of fused-ring (bicyclic) bond motifs is 1. The lowest BCUT2D eigenvalue weighted by Gasteiger charge is -2.00. The molecule has 1 aromatic heterocycles. The summed E-state index contributed by atoms with van der Waals surface area (Å²) < 4.78 is 0.718. The Labute approximate surface area is 133 Å². The van der Waals surface area contributed by atoms with E-state index in [1.54, 1.807) is 24.3 Å². The maximum Gasteiger partial charge on any atom is 0.265 e. The Kier molecular flexibility index (Phi) is 3.67. The molecule has 0 atom stereocenters. The van der Waals surface area contributed by atoms with E-state index in [0.29, 0.717) is 16.4 Å². The number of nitrogens with zero attached hydrogens (tertiary/aromatic N) is 1. The largest absolute Gasteiger partial charge is 0.338 e. The van der Waals surface area contributed by atoms with Crippen LogP contribution in [0.2, 0.25) is 5.02 Å². The molecule has 0 aliphatic heterocycles. The zero-order valence-corrected chi connectivity index (χ0v) is 13.0. The second-order valence-corrected chi connectivity index (χ2v) is 5.71. The summed E-state index contributed by atoms with van der Waals surface area (Å²) in [6.45, 7) is 0. The van der Waals surface area contributed by atoms with Crippen LogP contribution in [0.3, 0.4) is 0 Å². The molecule has 3 rings (SSSR count). The molecule has 3 aromatic rings. The summed E-state index contributed by atoms with van der Waals surface area (Å²) in [6.07, 6.45) is 0. The van der Waals surface area contributed by atoms with E-state index in [4.69, 9.17) is 17.4 Å². The van der Waals surface area contributed by atoms with Crippen molar-refractivity contribution in [2.24, 2.45) is 5.84 Å². The molecule has 0 bridgehead atoms. The molecule has 21 heavy (non-hydrogen) atoms. The lowest BCUT2D eigenvalue weighted by atomic mass is 10.2. The second-order valence-electron chi connectivity index (χ2n) is 4.42. The average molecular weight is 366 g/mol. The maximum atomic E-state index is 11.6. The Balaban J connectivity index is 2.13. The number of imidazole rings is 1. The number of carbonyl (C=O) groups excluding carboxylic acids is 1. The van der Waals surface area contributed by atoms with E-state index in [1.165, 1.54) is 0 Å². The number of nitrogens with two attached hydrogens (primary N) is 1. The van der Waals surface area contributed by atoms with E-state index < -0.39 is 0 Å². The van der Waals surface area contributed by atoms with Gasteiger partial charge in [-0.2, -0.15) is 0 Å². The molecule has 0 radical (unpaired) electrons. The molecule has 106 valence electrons. The molecule has 0 saturated carbocycles. The number of amides is 1. The summed E-state index contributed by atoms with van der Waals surface area (Å²) in [5.41, 5.74) is 4.95. The van der Waals surface area contributed by atoms with Crippen LogP contribution < -0.4 is 11.3 Å². The fourth-order valence-corrected chi connectivity index (χ4v) is 2.71. The molecule has 1 amide bonds. The van der Waals surface area contributed by atoms with Crippen LogP contribution in [-0.4, -0.2) is 15.9 Å². The first-order chi connectivity index (χ1) is 10.1. The van der Waals surface area contributed by atoms with E-state index in [1.807, 2.05) is 12.1 Å². The Hall–Kier alpha value is -1.89. The summed E-state index contributed by atoms with van der Waals surface area (Å²) in [7, 11) is 0. The predicted molar refractivity (Wildman–Crippen MR) is 85.9 cm³/mol. The minimum absolute atomic E-state index is 0.361. The molecule has 1 heterocycles. The van der Waals surface area contributed by atoms with Gasteiger partial charge in [0.25, 0.3) is 5.91 Å². The first kappa shape index (κ1) is 14.1. The van der Waals surface area contributed by atoms with Crippen LogP contribution in [0.15, 0.2) is 40.9 Å². The highest BCUT2D eigenvalue weighted by Gasteiger charge is 2.12. The van der Waals surface area contributed by atoms with E-state index in [0.717, 1.165) is 21.1 Å². The molecule has 7 heteroatoms. The fourth-order valence-electron chi connectivity index (χ4n) is 2.03. The number of halogens is 2. The number of hydrogen-bond acceptors (Lipinski definition) is 3. The van der Waals surface area contributed by atoms with Crippen LogP contribution >= 0.6 is 27.5 Å². The van der Waals surface area contributed by atoms with Gasteiger partial charge in [0.15, 0.2) is 0 Å². The summed E-state index contributed by atoms with van der Waals surface area (Å²) >= 11 is 9.30. The van der Waals surface area contributed by atoms with Crippen molar-refractivity contribution >= 4 is 44.5 Å². The molecule has 0 aliphatic carbocycles. The van der Waals surface area contributed by atoms with E-state index in [-0.39, 0.29) is 5.91 Å². The van der Waals surface area contributed by atoms with Crippen LogP contribution in [0.5, 0.6) is 0 Å². The van der Waals surface area contributed by atoms with Crippen molar-refractivity contribution in [2.45, 2.75) is 0 Å². The molecule has 0 spiro atoms. The maximum absolute atomic E-state index is 11.6. The standard InChI is InChI=1S/C14H10BrClN4O/c15-10-5-8(14(21)20-17)6-11-12(10)19-13(18-11)7-1-3-9(16)4-2-7/h1-6H,17H2,(H,18,19)(H,20,21). The SMILES string of the molecule is NNC(=O)c1cc(Br)c2nc(-c3ccc(Cl)cc3)[nH]c2c1. The average Bonchev–Trinajstić information content (AvgIpc) is 2.91. The predicted octanol–water partition coefficient (Wildman–Crippen LogP) is 3.25. The van der Waals surface area contributed by atoms with Crippen LogP contribution in [0.1, 0.15) is 10.4 Å². The van der Waals surface area contributed by atoms with Crippen molar-refractivity contribution in [3.8, 4) is 11.4 Å². The lowest BCUT2D eigenvalue weighted by molar-refractivity contribution is 0.0953. The van der Waals surface area contributed by atoms with Gasteiger partial charge in [0.05, 0.1) is 5.52 Å². The van der Waals surface area contributed by atoms with Crippen LogP contribution in [-0.2, 0) is 0 Å². The number of carbonyl (C=O) groups is 1. The Morgan fingerprint density at radius 2 is 2.00 bits per heavy atom. The fraction of sp³-hybridized carbons (Fsp3) is 0. The van der Waals surface area contributed by atoms with E-state index >= 15 is 0 Å². The van der Waals surface area contributed by atoms with Crippen molar-refractivity contribution in [3.63, 3.8) is 0 Å². The first-order valence-electron chi connectivity index (χ1n) is 6.04. The van der Waals surface area contributed by atoms with Crippen LogP contribution in [0, 0.1) is 0 Å². The molecule has 0 saturated heterocycles. The number of hydrogen-bond donors (Lipinski definition) is 3. The van der Waals surface area contributed by atoms with Crippen molar-refractivity contribution in [1.82, 2.24) is 15.4 Å². The number of H-pyrrole nitrogens is 1. The molecule has 4 N–H and O–H groups in total. The van der Waals surface area contributed by atoms with Gasteiger partial charge in [0.1, 0.15) is 11.3 Å². The van der Waals surface area contributed by atoms with Gasteiger partial charge in [-0.15, -0.1) is 0 Å². The molecule has 0 fully saturated rings. The number of aromatic nitrogens is 2. The van der Waals surface area contributed by atoms with Crippen LogP contribution in [0.4, 0.5) is 0 Å². The lowest BCUT2D eigenvalue weighted by Crippen LogP contribution is -2.29. The van der Waals surface area contributed by atoms with Crippen molar-refractivity contribution < 1.29 is 4.79 Å². The Bertz CT molecular complexity index is 829. The van der Waals surface area contributed by atoms with E-state index in [2.05, 4.69) is 31.3 Å². The molecule has 0 unspecified atom stereocenters. The minimum Gasteiger partial charge on any atom is -0.338 e. The molecule has 2 aromatic carbocycles. The van der Waals surface area contributed by atoms with Crippen molar-refractivity contribution in [2.75, 3.05) is 0 Å². The topological polar surface area (TPSA) is 83.8 Å². The second kappa shape index (κ2) is 5.48. The van der Waals surface area contributed by atoms with Gasteiger partial charge in [0, 0.05) is 20.6 Å². The third-order valence-corrected chi connectivity index (χ3v) is 3.91. The van der Waals surface area contributed by atoms with Crippen molar-refractivity contribution in [3.05, 3.63) is 51.5 Å². The quantitative estimate of drug-likeness (QED) is 0.370. The highest BCUT2D eigenvalue weighted by atomic mass is 79.9. The number of nitrogen functional groups attached to an aromatic ring is 1. The summed E-state index contributed by atoms with van der Waals surface area (Å²) in [4.78, 5) is 19.3. The molecule has 5 nitrogen and oxygen atoms in total. The third kappa shape index (κ3) is 2.65. The van der Waals surface area contributed by atoms with Gasteiger partial charge in [-0.1, -0.05) is 11.6 Å². The van der Waals surface area contributed by atoms with Gasteiger partial charge >= 0.3 is 0 Å². The molecule has 0 aliphatic rings. The first-order valence-corrected chi connectivity index (χ1v) is 7.22. The summed E-state index contributed by atoms with van der Waals surface area (Å²) in [5.74, 6) is 5.50. The number of nitrogens with one attached hydrogen (secondary N) is 2. The highest BCUT2D eigenvalue weighted by molar-refractivity contribution is 9.10. The monoisotopic (exact) mass is 364 g/mol. The smallest absolute Gasteiger partial charge is 0.265 e. The third-order valence-electron chi connectivity index (χ3n) is 3.05. The van der Waals surface area contributed by atoms with Crippen molar-refractivity contribution in [1.29, 1.82) is 0 Å². The number of aromatic amines is 1. The van der Waals surface area contributed by atoms with Gasteiger partial charge in [-0.05, 0) is 52.3 Å². The van der Waals surface area contributed by atoms with Gasteiger partial charge in [-0.25, -0.2) is 10.8 Å². The normalized spacial score (nSPS) is 10.8. The van der Waals surface area contributed by atoms with Gasteiger partial charge < -0.3 is 4.98 Å². The molecular formula is C14H10BrClN4O. The molecular weight excluding hydrogens is 356 g/mol. The van der Waals surface area contributed by atoms with Gasteiger partial charge in [0.2, 0.25) is 0 Å². The summed E-state index contributed by atoms with van der Waals surface area (Å²) in [6, 6.07) is 10.7. The Morgan fingerprint density at radius 1 is 1.29 bits per heavy atom. The Morgan fingerprint density at radius 3 is 2.67 bits per heavy atom. The number of hydrazine groups is 1. The zero-order valence-electron chi connectivity index (χ0n) is 10.7. The van der Waals surface area contributed by atoms with Crippen LogP contribution in [0.25, 0.3) is 22.4 Å². The number of rotatable bonds is 2.